The van der Waals surface area contributed by atoms with Gasteiger partial charge in [-0.05, 0) is 62.2 Å². The maximum absolute atomic E-state index is 12.2. The molecule has 0 unspecified atom stereocenters. The van der Waals surface area contributed by atoms with E-state index in [9.17, 15) is 14.4 Å². The zero-order valence-electron chi connectivity index (χ0n) is 15.6. The van der Waals surface area contributed by atoms with E-state index in [0.717, 1.165) is 16.8 Å². The van der Waals surface area contributed by atoms with Crippen LogP contribution in [0.3, 0.4) is 0 Å². The van der Waals surface area contributed by atoms with Crippen molar-refractivity contribution in [2.45, 2.75) is 34.1 Å². The Morgan fingerprint density at radius 2 is 1.62 bits per heavy atom. The smallest absolute Gasteiger partial charge is 0.226 e. The van der Waals surface area contributed by atoms with Gasteiger partial charge in [-0.3, -0.25) is 14.4 Å². The quantitative estimate of drug-likeness (QED) is 0.802. The second kappa shape index (κ2) is 8.43. The summed E-state index contributed by atoms with van der Waals surface area (Å²) in [5.74, 6) is -0.303. The van der Waals surface area contributed by atoms with Crippen LogP contribution in [0.15, 0.2) is 42.5 Å². The second-order valence-corrected chi connectivity index (χ2v) is 6.32. The Kier molecular flexibility index (Phi) is 6.28. The molecule has 0 radical (unpaired) electrons. The fourth-order valence-corrected chi connectivity index (χ4v) is 2.70. The Labute approximate surface area is 154 Å². The fraction of sp³-hybridized carbons (Fsp3) is 0.286. The molecule has 0 atom stereocenters. The van der Waals surface area contributed by atoms with Gasteiger partial charge >= 0.3 is 0 Å². The number of rotatable bonds is 6. The normalized spacial score (nSPS) is 10.3. The Morgan fingerprint density at radius 3 is 2.19 bits per heavy atom. The van der Waals surface area contributed by atoms with Gasteiger partial charge in [0, 0.05) is 36.8 Å². The standard InChI is InChI=1S/C21H24N2O3/c1-14-6-5-7-20(15(14)2)23(17(4)25)13-12-21(26)22-19-10-8-18(9-11-19)16(3)24/h5-11H,12-13H2,1-4H3,(H,22,26). The van der Waals surface area contributed by atoms with Gasteiger partial charge in [-0.2, -0.15) is 0 Å². The molecule has 2 aromatic rings. The number of amides is 2. The van der Waals surface area contributed by atoms with E-state index in [0.29, 0.717) is 17.8 Å². The highest BCUT2D eigenvalue weighted by molar-refractivity contribution is 5.97. The first-order valence-corrected chi connectivity index (χ1v) is 8.54. The summed E-state index contributed by atoms with van der Waals surface area (Å²) >= 11 is 0. The molecule has 26 heavy (non-hydrogen) atoms. The van der Waals surface area contributed by atoms with Crippen LogP contribution in [0, 0.1) is 13.8 Å². The first-order valence-electron chi connectivity index (χ1n) is 8.54. The van der Waals surface area contributed by atoms with Crippen LogP contribution in [-0.2, 0) is 9.59 Å². The number of aryl methyl sites for hydroxylation is 1. The summed E-state index contributed by atoms with van der Waals surface area (Å²) in [6, 6.07) is 12.5. The average Bonchev–Trinajstić information content (AvgIpc) is 2.58. The summed E-state index contributed by atoms with van der Waals surface area (Å²) in [5, 5.41) is 2.79. The fourth-order valence-electron chi connectivity index (χ4n) is 2.70. The molecule has 2 aromatic carbocycles. The predicted octanol–water partition coefficient (Wildman–Crippen LogP) is 3.89. The molecule has 0 heterocycles. The van der Waals surface area contributed by atoms with Crippen molar-refractivity contribution in [3.05, 3.63) is 59.2 Å². The molecule has 0 aliphatic heterocycles. The lowest BCUT2D eigenvalue weighted by molar-refractivity contribution is -0.117. The minimum Gasteiger partial charge on any atom is -0.326 e. The van der Waals surface area contributed by atoms with Crippen LogP contribution in [0.1, 0.15) is 41.8 Å². The molecule has 0 bridgehead atoms. The Morgan fingerprint density at radius 1 is 0.962 bits per heavy atom. The highest BCUT2D eigenvalue weighted by Gasteiger charge is 2.16. The van der Waals surface area contributed by atoms with Crippen molar-refractivity contribution in [1.82, 2.24) is 0 Å². The van der Waals surface area contributed by atoms with E-state index >= 15 is 0 Å². The van der Waals surface area contributed by atoms with Crippen molar-refractivity contribution in [2.75, 3.05) is 16.8 Å². The molecule has 2 amide bonds. The lowest BCUT2D eigenvalue weighted by Gasteiger charge is -2.23. The topological polar surface area (TPSA) is 66.5 Å². The van der Waals surface area contributed by atoms with Gasteiger partial charge < -0.3 is 10.2 Å². The van der Waals surface area contributed by atoms with Crippen LogP contribution in [0.4, 0.5) is 11.4 Å². The van der Waals surface area contributed by atoms with Crippen LogP contribution in [0.5, 0.6) is 0 Å². The second-order valence-electron chi connectivity index (χ2n) is 6.32. The highest BCUT2D eigenvalue weighted by atomic mass is 16.2. The summed E-state index contributed by atoms with van der Waals surface area (Å²) in [6.07, 6.45) is 0.182. The molecule has 0 spiro atoms. The Balaban J connectivity index is 2.02. The summed E-state index contributed by atoms with van der Waals surface area (Å²) in [4.78, 5) is 37.2. The number of carbonyl (C=O) groups excluding carboxylic acids is 3. The monoisotopic (exact) mass is 352 g/mol. The number of nitrogens with one attached hydrogen (secondary N) is 1. The number of benzene rings is 2. The molecular weight excluding hydrogens is 328 g/mol. The molecule has 5 heteroatoms. The summed E-state index contributed by atoms with van der Waals surface area (Å²) in [5.41, 5.74) is 4.18. The van der Waals surface area contributed by atoms with Gasteiger partial charge in [0.05, 0.1) is 0 Å². The maximum atomic E-state index is 12.2. The Hall–Kier alpha value is -2.95. The van der Waals surface area contributed by atoms with Crippen molar-refractivity contribution in [2.24, 2.45) is 0 Å². The summed E-state index contributed by atoms with van der Waals surface area (Å²) in [6.45, 7) is 7.26. The largest absolute Gasteiger partial charge is 0.326 e. The lowest BCUT2D eigenvalue weighted by atomic mass is 10.1. The van der Waals surface area contributed by atoms with Crippen LogP contribution in [0.25, 0.3) is 0 Å². The predicted molar refractivity (Wildman–Crippen MR) is 104 cm³/mol. The molecule has 0 aliphatic carbocycles. The van der Waals surface area contributed by atoms with E-state index in [1.807, 2.05) is 32.0 Å². The van der Waals surface area contributed by atoms with Crippen molar-refractivity contribution in [1.29, 1.82) is 0 Å². The zero-order chi connectivity index (χ0) is 19.3. The summed E-state index contributed by atoms with van der Waals surface area (Å²) < 4.78 is 0. The van der Waals surface area contributed by atoms with E-state index in [2.05, 4.69) is 5.32 Å². The highest BCUT2D eigenvalue weighted by Crippen LogP contribution is 2.23. The zero-order valence-corrected chi connectivity index (χ0v) is 15.6. The third-order valence-electron chi connectivity index (χ3n) is 4.38. The molecule has 1 N–H and O–H groups in total. The molecule has 0 aromatic heterocycles. The number of ketones is 1. The van der Waals surface area contributed by atoms with Gasteiger partial charge in [0.25, 0.3) is 0 Å². The number of hydrogen-bond acceptors (Lipinski definition) is 3. The maximum Gasteiger partial charge on any atom is 0.226 e. The minimum absolute atomic E-state index is 0.0199. The number of hydrogen-bond donors (Lipinski definition) is 1. The number of nitrogens with zero attached hydrogens (tertiary/aromatic N) is 1. The molecule has 0 saturated heterocycles. The van der Waals surface area contributed by atoms with Gasteiger partial charge in [-0.25, -0.2) is 0 Å². The molecular formula is C21H24N2O3. The molecule has 5 nitrogen and oxygen atoms in total. The van der Waals surface area contributed by atoms with E-state index in [4.69, 9.17) is 0 Å². The van der Waals surface area contributed by atoms with Gasteiger partial charge in [0.15, 0.2) is 5.78 Å². The molecule has 0 aliphatic rings. The SMILES string of the molecule is CC(=O)c1ccc(NC(=O)CCN(C(C)=O)c2cccc(C)c2C)cc1. The van der Waals surface area contributed by atoms with Crippen molar-refractivity contribution in [3.8, 4) is 0 Å². The van der Waals surface area contributed by atoms with Crippen LogP contribution in [-0.4, -0.2) is 24.1 Å². The number of Topliss-reactive ketones (excluding diaryl/α,β-unsaturated/α-hetero) is 1. The third-order valence-corrected chi connectivity index (χ3v) is 4.38. The first-order chi connectivity index (χ1) is 12.3. The molecule has 0 saturated carbocycles. The number of anilines is 2. The lowest BCUT2D eigenvalue weighted by Crippen LogP contribution is -2.32. The molecule has 2 rings (SSSR count). The van der Waals surface area contributed by atoms with Crippen molar-refractivity contribution >= 4 is 29.0 Å². The average molecular weight is 352 g/mol. The third kappa shape index (κ3) is 4.79. The van der Waals surface area contributed by atoms with E-state index in [1.165, 1.54) is 13.8 Å². The van der Waals surface area contributed by atoms with Gasteiger partial charge in [0.1, 0.15) is 0 Å². The van der Waals surface area contributed by atoms with Crippen LogP contribution in [0.2, 0.25) is 0 Å². The van der Waals surface area contributed by atoms with Crippen LogP contribution < -0.4 is 10.2 Å². The number of carbonyl (C=O) groups is 3. The van der Waals surface area contributed by atoms with Gasteiger partial charge in [0.2, 0.25) is 11.8 Å². The van der Waals surface area contributed by atoms with E-state index < -0.39 is 0 Å². The van der Waals surface area contributed by atoms with Crippen LogP contribution >= 0.6 is 0 Å². The summed E-state index contributed by atoms with van der Waals surface area (Å²) in [7, 11) is 0. The van der Waals surface area contributed by atoms with E-state index in [1.54, 1.807) is 29.2 Å². The van der Waals surface area contributed by atoms with Gasteiger partial charge in [-0.1, -0.05) is 12.1 Å². The van der Waals surface area contributed by atoms with Gasteiger partial charge in [-0.15, -0.1) is 0 Å². The van der Waals surface area contributed by atoms with Crippen molar-refractivity contribution < 1.29 is 14.4 Å². The Bertz CT molecular complexity index is 826. The first kappa shape index (κ1) is 19.4. The van der Waals surface area contributed by atoms with E-state index in [-0.39, 0.29) is 24.0 Å². The van der Waals surface area contributed by atoms with Crippen molar-refractivity contribution in [3.63, 3.8) is 0 Å². The minimum atomic E-state index is -0.183. The molecule has 136 valence electrons. The molecule has 0 fully saturated rings.